The van der Waals surface area contributed by atoms with E-state index in [2.05, 4.69) is 4.74 Å². The third kappa shape index (κ3) is 5.27. The first-order valence-corrected chi connectivity index (χ1v) is 8.02. The van der Waals surface area contributed by atoms with Gasteiger partial charge in [-0.2, -0.15) is 8.78 Å². The standard InChI is InChI=1S/C18H18F2O7/c1-2-25-15(23)8-13(10-4-3-5-11(6-10)27-18(19)20)17-16(24)14(22)7-12(9-21)26-17/h3-7,13,18,21,24H,2,8-9H2,1H3/t13-/m0/s1. The fourth-order valence-corrected chi connectivity index (χ4v) is 2.53. The molecule has 7 nitrogen and oxygen atoms in total. The number of alkyl halides is 2. The van der Waals surface area contributed by atoms with E-state index in [1.807, 2.05) is 0 Å². The van der Waals surface area contributed by atoms with Crippen molar-refractivity contribution in [2.45, 2.75) is 32.5 Å². The van der Waals surface area contributed by atoms with Crippen LogP contribution in [0.5, 0.6) is 11.5 Å². The molecule has 27 heavy (non-hydrogen) atoms. The van der Waals surface area contributed by atoms with Crippen molar-refractivity contribution in [3.05, 3.63) is 57.6 Å². The number of ether oxygens (including phenoxy) is 2. The number of halogens is 2. The Labute approximate surface area is 152 Å². The van der Waals surface area contributed by atoms with Crippen molar-refractivity contribution < 1.29 is 37.7 Å². The van der Waals surface area contributed by atoms with Crippen LogP contribution in [0.3, 0.4) is 0 Å². The van der Waals surface area contributed by atoms with Gasteiger partial charge in [-0.1, -0.05) is 12.1 Å². The molecule has 1 heterocycles. The molecule has 2 N–H and O–H groups in total. The zero-order valence-electron chi connectivity index (χ0n) is 14.4. The van der Waals surface area contributed by atoms with Crippen LogP contribution in [0.2, 0.25) is 0 Å². The summed E-state index contributed by atoms with van der Waals surface area (Å²) in [5.74, 6) is -3.00. The number of esters is 1. The number of benzene rings is 1. The van der Waals surface area contributed by atoms with Crippen LogP contribution >= 0.6 is 0 Å². The lowest BCUT2D eigenvalue weighted by Gasteiger charge is -2.18. The molecule has 146 valence electrons. The predicted molar refractivity (Wildman–Crippen MR) is 88.7 cm³/mol. The summed E-state index contributed by atoms with van der Waals surface area (Å²) in [6, 6.07) is 6.35. The van der Waals surface area contributed by atoms with Gasteiger partial charge in [0, 0.05) is 6.07 Å². The summed E-state index contributed by atoms with van der Waals surface area (Å²) in [5, 5.41) is 19.3. The number of hydrogen-bond acceptors (Lipinski definition) is 7. The second-order valence-corrected chi connectivity index (χ2v) is 5.46. The van der Waals surface area contributed by atoms with Gasteiger partial charge in [-0.15, -0.1) is 0 Å². The van der Waals surface area contributed by atoms with Crippen molar-refractivity contribution in [2.75, 3.05) is 6.61 Å². The highest BCUT2D eigenvalue weighted by Crippen LogP contribution is 2.35. The Balaban J connectivity index is 2.54. The van der Waals surface area contributed by atoms with E-state index in [4.69, 9.17) is 9.15 Å². The number of aliphatic hydroxyl groups excluding tert-OH is 1. The topological polar surface area (TPSA) is 106 Å². The lowest BCUT2D eigenvalue weighted by atomic mass is 9.92. The fourth-order valence-electron chi connectivity index (χ4n) is 2.53. The molecule has 0 amide bonds. The largest absolute Gasteiger partial charge is 0.502 e. The van der Waals surface area contributed by atoms with Gasteiger partial charge in [-0.25, -0.2) is 0 Å². The van der Waals surface area contributed by atoms with Gasteiger partial charge in [0.05, 0.1) is 18.9 Å². The molecule has 1 aromatic heterocycles. The molecule has 0 saturated heterocycles. The molecule has 1 aromatic carbocycles. The molecule has 1 atom stereocenters. The quantitative estimate of drug-likeness (QED) is 0.674. The molecule has 0 radical (unpaired) electrons. The molecule has 0 unspecified atom stereocenters. The van der Waals surface area contributed by atoms with Crippen LogP contribution in [0, 0.1) is 0 Å². The molecule has 0 fully saturated rings. The lowest BCUT2D eigenvalue weighted by molar-refractivity contribution is -0.143. The van der Waals surface area contributed by atoms with Crippen LogP contribution in [0.1, 0.15) is 36.3 Å². The van der Waals surface area contributed by atoms with E-state index in [0.29, 0.717) is 0 Å². The van der Waals surface area contributed by atoms with Crippen LogP contribution in [-0.2, 0) is 16.1 Å². The van der Waals surface area contributed by atoms with Gasteiger partial charge in [0.15, 0.2) is 5.76 Å². The maximum Gasteiger partial charge on any atom is 0.387 e. The Morgan fingerprint density at radius 3 is 2.67 bits per heavy atom. The first kappa shape index (κ1) is 20.4. The second-order valence-electron chi connectivity index (χ2n) is 5.46. The second kappa shape index (κ2) is 9.13. The Bertz CT molecular complexity index is 848. The number of aliphatic hydroxyl groups is 1. The number of hydrogen-bond donors (Lipinski definition) is 2. The predicted octanol–water partition coefficient (Wildman–Crippen LogP) is 2.52. The highest BCUT2D eigenvalue weighted by molar-refractivity contribution is 5.71. The van der Waals surface area contributed by atoms with Gasteiger partial charge in [0.1, 0.15) is 18.1 Å². The summed E-state index contributed by atoms with van der Waals surface area (Å²) >= 11 is 0. The van der Waals surface area contributed by atoms with Crippen molar-refractivity contribution >= 4 is 5.97 Å². The maximum atomic E-state index is 12.5. The van der Waals surface area contributed by atoms with E-state index < -0.39 is 36.3 Å². The summed E-state index contributed by atoms with van der Waals surface area (Å²) < 4.78 is 39.6. The minimum atomic E-state index is -3.05. The van der Waals surface area contributed by atoms with Gasteiger partial charge in [-0.3, -0.25) is 9.59 Å². The first-order valence-electron chi connectivity index (χ1n) is 8.02. The molecule has 0 spiro atoms. The van der Waals surface area contributed by atoms with E-state index in [1.165, 1.54) is 24.3 Å². The Hall–Kier alpha value is -2.94. The van der Waals surface area contributed by atoms with E-state index in [-0.39, 0.29) is 35.9 Å². The number of aromatic hydroxyl groups is 1. The van der Waals surface area contributed by atoms with Crippen LogP contribution in [0.25, 0.3) is 0 Å². The van der Waals surface area contributed by atoms with Crippen molar-refractivity contribution in [3.63, 3.8) is 0 Å². The fraction of sp³-hybridized carbons (Fsp3) is 0.333. The highest BCUT2D eigenvalue weighted by atomic mass is 19.3. The number of rotatable bonds is 8. The Kier molecular flexibility index (Phi) is 6.89. The van der Waals surface area contributed by atoms with Gasteiger partial charge >= 0.3 is 12.6 Å². The van der Waals surface area contributed by atoms with Crippen molar-refractivity contribution in [1.82, 2.24) is 0 Å². The third-order valence-electron chi connectivity index (χ3n) is 3.63. The van der Waals surface area contributed by atoms with Gasteiger partial charge in [0.2, 0.25) is 11.2 Å². The molecular weight excluding hydrogens is 366 g/mol. The third-order valence-corrected chi connectivity index (χ3v) is 3.63. The molecular formula is C18H18F2O7. The normalized spacial score (nSPS) is 12.0. The SMILES string of the molecule is CCOC(=O)C[C@@H](c1cccc(OC(F)F)c1)c1oc(CO)cc(=O)c1O. The van der Waals surface area contributed by atoms with Crippen LogP contribution in [0.15, 0.2) is 39.5 Å². The van der Waals surface area contributed by atoms with Crippen molar-refractivity contribution in [2.24, 2.45) is 0 Å². The average Bonchev–Trinajstić information content (AvgIpc) is 2.62. The van der Waals surface area contributed by atoms with Crippen molar-refractivity contribution in [1.29, 1.82) is 0 Å². The summed E-state index contributed by atoms with van der Waals surface area (Å²) in [4.78, 5) is 23.9. The van der Waals surface area contributed by atoms with Crippen LogP contribution < -0.4 is 10.2 Å². The van der Waals surface area contributed by atoms with Crippen molar-refractivity contribution in [3.8, 4) is 11.5 Å². The molecule has 2 rings (SSSR count). The molecule has 2 aromatic rings. The average molecular weight is 384 g/mol. The zero-order valence-corrected chi connectivity index (χ0v) is 14.4. The first-order chi connectivity index (χ1) is 12.8. The summed E-state index contributed by atoms with van der Waals surface area (Å²) in [7, 11) is 0. The van der Waals surface area contributed by atoms with E-state index in [0.717, 1.165) is 6.07 Å². The summed E-state index contributed by atoms with van der Waals surface area (Å²) in [6.07, 6.45) is -0.336. The maximum absolute atomic E-state index is 12.5. The van der Waals surface area contributed by atoms with Gasteiger partial charge in [-0.05, 0) is 24.6 Å². The molecule has 0 aliphatic carbocycles. The van der Waals surface area contributed by atoms with E-state index in [9.17, 15) is 28.6 Å². The molecule has 0 aliphatic rings. The molecule has 9 heteroatoms. The summed E-state index contributed by atoms with van der Waals surface area (Å²) in [5.41, 5.74) is -0.538. The van der Waals surface area contributed by atoms with Gasteiger partial charge < -0.3 is 24.1 Å². The minimum Gasteiger partial charge on any atom is -0.502 e. The highest BCUT2D eigenvalue weighted by Gasteiger charge is 2.27. The lowest BCUT2D eigenvalue weighted by Crippen LogP contribution is -2.15. The summed E-state index contributed by atoms with van der Waals surface area (Å²) in [6.45, 7) is -1.95. The monoisotopic (exact) mass is 384 g/mol. The number of carbonyl (C=O) groups is 1. The Morgan fingerprint density at radius 1 is 1.30 bits per heavy atom. The zero-order chi connectivity index (χ0) is 20.0. The molecule has 0 saturated carbocycles. The minimum absolute atomic E-state index is 0.104. The van der Waals surface area contributed by atoms with Crippen LogP contribution in [0.4, 0.5) is 8.78 Å². The van der Waals surface area contributed by atoms with Gasteiger partial charge in [0.25, 0.3) is 0 Å². The molecule has 0 bridgehead atoms. The molecule has 0 aliphatic heterocycles. The smallest absolute Gasteiger partial charge is 0.387 e. The van der Waals surface area contributed by atoms with E-state index >= 15 is 0 Å². The Morgan fingerprint density at radius 2 is 2.04 bits per heavy atom. The van der Waals surface area contributed by atoms with Crippen LogP contribution in [-0.4, -0.2) is 29.4 Å². The number of carbonyl (C=O) groups excluding carboxylic acids is 1. The van der Waals surface area contributed by atoms with E-state index in [1.54, 1.807) is 6.92 Å².